The molecule has 2 N–H and O–H groups in total. The first kappa shape index (κ1) is 11.6. The molecular weight excluding hydrogens is 198 g/mol. The number of rotatable bonds is 2. The van der Waals surface area contributed by atoms with Crippen molar-refractivity contribution in [3.63, 3.8) is 0 Å². The van der Waals surface area contributed by atoms with Crippen LogP contribution in [-0.4, -0.2) is 29.2 Å². The number of hydrogen-bond donors (Lipinski definition) is 0. The predicted molar refractivity (Wildman–Crippen MR) is 67.5 cm³/mol. The Morgan fingerprint density at radius 1 is 1.31 bits per heavy atom. The zero-order valence-corrected chi connectivity index (χ0v) is 10.2. The highest BCUT2D eigenvalue weighted by Gasteiger charge is 2.37. The summed E-state index contributed by atoms with van der Waals surface area (Å²) in [5.41, 5.74) is 1.51. The van der Waals surface area contributed by atoms with Gasteiger partial charge in [0.05, 0.1) is 0 Å². The van der Waals surface area contributed by atoms with E-state index in [2.05, 4.69) is 49.1 Å². The Kier molecular flexibility index (Phi) is 3.31. The Morgan fingerprint density at radius 2 is 2.00 bits per heavy atom. The highest BCUT2D eigenvalue weighted by molar-refractivity contribution is 5.14. The average molecular weight is 220 g/mol. The second-order valence-corrected chi connectivity index (χ2v) is 5.53. The molecule has 1 aromatic rings. The fourth-order valence-corrected chi connectivity index (χ4v) is 2.44. The lowest BCUT2D eigenvalue weighted by Crippen LogP contribution is -2.48. The van der Waals surface area contributed by atoms with E-state index in [1.54, 1.807) is 0 Å². The van der Waals surface area contributed by atoms with Gasteiger partial charge in [-0.25, -0.2) is 0 Å². The molecule has 2 nitrogen and oxygen atoms in total. The van der Waals surface area contributed by atoms with Crippen LogP contribution in [0.3, 0.4) is 0 Å². The third-order valence-electron chi connectivity index (χ3n) is 3.56. The summed E-state index contributed by atoms with van der Waals surface area (Å²) in [7, 11) is 0. The predicted octanol–water partition coefficient (Wildman–Crippen LogP) is 2.01. The van der Waals surface area contributed by atoms with E-state index in [-0.39, 0.29) is 11.5 Å². The van der Waals surface area contributed by atoms with Crippen LogP contribution in [0.5, 0.6) is 0 Å². The Labute approximate surface area is 97.9 Å². The minimum atomic E-state index is 0.0968. The lowest BCUT2D eigenvalue weighted by Gasteiger charge is -2.39. The Balaban J connectivity index is 1.97. The van der Waals surface area contributed by atoms with Crippen LogP contribution in [-0.2, 0) is 6.54 Å². The summed E-state index contributed by atoms with van der Waals surface area (Å²) in [6.45, 7) is 7.54. The molecule has 1 heterocycles. The van der Waals surface area contributed by atoms with Gasteiger partial charge in [0, 0.05) is 31.5 Å². The molecule has 0 aromatic heterocycles. The Morgan fingerprint density at radius 3 is 2.62 bits per heavy atom. The molecule has 0 radical (unpaired) electrons. The van der Waals surface area contributed by atoms with Crippen LogP contribution in [0.15, 0.2) is 30.3 Å². The molecule has 0 aliphatic carbocycles. The molecule has 88 valence electrons. The van der Waals surface area contributed by atoms with Crippen LogP contribution in [0.1, 0.15) is 25.8 Å². The van der Waals surface area contributed by atoms with Crippen LogP contribution in [0.4, 0.5) is 0 Å². The fourth-order valence-electron chi connectivity index (χ4n) is 2.44. The van der Waals surface area contributed by atoms with Crippen molar-refractivity contribution in [1.29, 1.82) is 0 Å². The number of hydrogen-bond acceptors (Lipinski definition) is 1. The van der Waals surface area contributed by atoms with Crippen molar-refractivity contribution in [2.45, 2.75) is 32.9 Å². The molecule has 2 heteroatoms. The first-order valence-electron chi connectivity index (χ1n) is 6.05. The van der Waals surface area contributed by atoms with Gasteiger partial charge < -0.3 is 5.11 Å². The number of likely N-dealkylation sites (tertiary alicyclic amines) is 1. The topological polar surface area (TPSA) is 26.1 Å². The minimum absolute atomic E-state index is 0.0968. The largest absolute Gasteiger partial charge is 0.443 e. The Bertz CT molecular complexity index is 334. The van der Waals surface area contributed by atoms with Gasteiger partial charge in [0.2, 0.25) is 0 Å². The van der Waals surface area contributed by atoms with E-state index in [1.165, 1.54) is 5.56 Å². The second-order valence-electron chi connectivity index (χ2n) is 5.53. The molecule has 2 rings (SSSR count). The van der Waals surface area contributed by atoms with E-state index in [0.717, 1.165) is 26.1 Å². The number of nitrogens with zero attached hydrogens (tertiary/aromatic N) is 1. The maximum Gasteiger partial charge on any atom is 0.161 e. The molecule has 0 bridgehead atoms. The van der Waals surface area contributed by atoms with Gasteiger partial charge in [-0.15, -0.1) is 0 Å². The van der Waals surface area contributed by atoms with Crippen molar-refractivity contribution >= 4 is 0 Å². The average Bonchev–Trinajstić information content (AvgIpc) is 2.25. The van der Waals surface area contributed by atoms with Gasteiger partial charge in [-0.05, 0) is 5.56 Å². The molecule has 16 heavy (non-hydrogen) atoms. The highest BCUT2D eigenvalue weighted by Crippen LogP contribution is 2.29. The molecule has 1 aromatic carbocycles. The molecule has 0 saturated carbocycles. The van der Waals surface area contributed by atoms with Crippen LogP contribution in [0.25, 0.3) is 0 Å². The maximum absolute atomic E-state index is 8.02. The van der Waals surface area contributed by atoms with Crippen molar-refractivity contribution in [1.82, 2.24) is 4.90 Å². The smallest absolute Gasteiger partial charge is 0.161 e. The van der Waals surface area contributed by atoms with E-state index in [9.17, 15) is 0 Å². The third-order valence-corrected chi connectivity index (χ3v) is 3.56. The summed E-state index contributed by atoms with van der Waals surface area (Å²) in [4.78, 5) is 2.47. The van der Waals surface area contributed by atoms with Gasteiger partial charge in [0.1, 0.15) is 0 Å². The van der Waals surface area contributed by atoms with Crippen molar-refractivity contribution < 1.29 is 5.11 Å². The van der Waals surface area contributed by atoms with Crippen molar-refractivity contribution in [3.05, 3.63) is 35.9 Å². The molecule has 1 unspecified atom stereocenters. The molecule has 1 aliphatic rings. The first-order valence-corrected chi connectivity index (χ1v) is 6.05. The zero-order chi connectivity index (χ0) is 11.6. The summed E-state index contributed by atoms with van der Waals surface area (Å²) in [6, 6.07) is 10.6. The summed E-state index contributed by atoms with van der Waals surface area (Å²) < 4.78 is 0. The standard InChI is InChI=1S/C14H21NO/c1-14(2)11-15(9-8-13(14)16)10-12-6-4-3-5-7-12/h3-7,13,16H,8-11H2,1-2H3/p+1. The SMILES string of the molecule is CC1(C)CN(Cc2ccccc2)CCC1[OH2+]. The normalized spacial score (nSPS) is 25.6. The molecule has 1 fully saturated rings. The monoisotopic (exact) mass is 220 g/mol. The molecular formula is C14H22NO+. The maximum atomic E-state index is 8.02. The van der Waals surface area contributed by atoms with Gasteiger partial charge >= 0.3 is 0 Å². The lowest BCUT2D eigenvalue weighted by atomic mass is 9.81. The summed E-state index contributed by atoms with van der Waals surface area (Å²) in [6.07, 6.45) is 1.10. The summed E-state index contributed by atoms with van der Waals surface area (Å²) >= 11 is 0. The van der Waals surface area contributed by atoms with Crippen molar-refractivity contribution in [2.75, 3.05) is 13.1 Å². The number of piperidine rings is 1. The minimum Gasteiger partial charge on any atom is -0.443 e. The second kappa shape index (κ2) is 4.56. The van der Waals surface area contributed by atoms with Crippen molar-refractivity contribution in [2.24, 2.45) is 5.41 Å². The summed E-state index contributed by atoms with van der Waals surface area (Å²) in [5, 5.41) is 8.02. The first-order chi connectivity index (χ1) is 7.58. The Hall–Kier alpha value is -0.860. The van der Waals surface area contributed by atoms with Gasteiger partial charge in [-0.1, -0.05) is 44.2 Å². The zero-order valence-electron chi connectivity index (χ0n) is 10.2. The van der Waals surface area contributed by atoms with E-state index in [0.29, 0.717) is 0 Å². The van der Waals surface area contributed by atoms with Gasteiger partial charge in [0.25, 0.3) is 0 Å². The quantitative estimate of drug-likeness (QED) is 0.700. The van der Waals surface area contributed by atoms with E-state index >= 15 is 0 Å². The van der Waals surface area contributed by atoms with Crippen LogP contribution < -0.4 is 0 Å². The van der Waals surface area contributed by atoms with Crippen LogP contribution in [0, 0.1) is 5.41 Å². The number of benzene rings is 1. The highest BCUT2D eigenvalue weighted by atomic mass is 16.3. The van der Waals surface area contributed by atoms with Crippen LogP contribution in [0.2, 0.25) is 0 Å². The third kappa shape index (κ3) is 2.63. The summed E-state index contributed by atoms with van der Waals surface area (Å²) in [5.74, 6) is 0. The lowest BCUT2D eigenvalue weighted by molar-refractivity contribution is -0.0270. The molecule has 0 spiro atoms. The van der Waals surface area contributed by atoms with Gasteiger partial charge in [-0.3, -0.25) is 4.90 Å². The molecule has 1 atom stereocenters. The van der Waals surface area contributed by atoms with E-state index < -0.39 is 0 Å². The van der Waals surface area contributed by atoms with E-state index in [4.69, 9.17) is 5.11 Å². The fraction of sp³-hybridized carbons (Fsp3) is 0.571. The van der Waals surface area contributed by atoms with E-state index in [1.807, 2.05) is 0 Å². The van der Waals surface area contributed by atoms with Crippen molar-refractivity contribution in [3.8, 4) is 0 Å². The van der Waals surface area contributed by atoms with Gasteiger partial charge in [-0.2, -0.15) is 0 Å². The molecule has 0 amide bonds. The van der Waals surface area contributed by atoms with Crippen LogP contribution >= 0.6 is 0 Å². The molecule has 1 aliphatic heterocycles. The van der Waals surface area contributed by atoms with Gasteiger partial charge in [0.15, 0.2) is 6.10 Å². The molecule has 1 saturated heterocycles.